The van der Waals surface area contributed by atoms with Crippen molar-refractivity contribution in [1.82, 2.24) is 9.13 Å². The molecule has 0 aliphatic carbocycles. The number of nitrogens with two attached hydrogens (primary N) is 1. The van der Waals surface area contributed by atoms with Gasteiger partial charge in [-0.15, -0.1) is 0 Å². The van der Waals surface area contributed by atoms with E-state index in [4.69, 9.17) is 15.2 Å². The largest absolute Gasteiger partial charge is 0.494 e. The van der Waals surface area contributed by atoms with E-state index < -0.39 is 53.5 Å². The van der Waals surface area contributed by atoms with Gasteiger partial charge >= 0.3 is 17.6 Å². The molecule has 0 spiro atoms. The molecule has 36 heavy (non-hydrogen) atoms. The average molecular weight is 495 g/mol. The Hall–Kier alpha value is -4.67. The second-order valence-corrected chi connectivity index (χ2v) is 7.54. The lowest BCUT2D eigenvalue weighted by Crippen LogP contribution is -2.46. The summed E-state index contributed by atoms with van der Waals surface area (Å²) in [5.41, 5.74) is 4.35. The van der Waals surface area contributed by atoms with E-state index in [9.17, 15) is 24.0 Å². The Morgan fingerprint density at radius 2 is 1.61 bits per heavy atom. The minimum absolute atomic E-state index is 0.0702. The maximum absolute atomic E-state index is 13.0. The van der Waals surface area contributed by atoms with Crippen LogP contribution in [0.1, 0.15) is 33.2 Å². The van der Waals surface area contributed by atoms with E-state index in [2.05, 4.69) is 4.74 Å². The van der Waals surface area contributed by atoms with Crippen molar-refractivity contribution in [2.75, 3.05) is 26.1 Å². The van der Waals surface area contributed by atoms with E-state index in [1.165, 1.54) is 12.1 Å². The third-order valence-electron chi connectivity index (χ3n) is 5.18. The Labute approximate surface area is 205 Å². The number of ketones is 1. The van der Waals surface area contributed by atoms with Gasteiger partial charge in [-0.1, -0.05) is 30.3 Å². The van der Waals surface area contributed by atoms with Gasteiger partial charge in [-0.05, 0) is 36.8 Å². The van der Waals surface area contributed by atoms with Crippen LogP contribution >= 0.6 is 0 Å². The number of Topliss-reactive ketones (excluding diaryl/α,β-unsaturated/α-hetero) is 1. The number of hydrogen-bond acceptors (Lipinski definition) is 9. The molecule has 0 aliphatic heterocycles. The molecule has 3 rings (SSSR count). The predicted octanol–water partition coefficient (Wildman–Crippen LogP) is 1.25. The number of anilines is 1. The average Bonchev–Trinajstić information content (AvgIpc) is 2.88. The smallest absolute Gasteiger partial charge is 0.338 e. The Morgan fingerprint density at radius 1 is 0.944 bits per heavy atom. The highest BCUT2D eigenvalue weighted by Crippen LogP contribution is 2.14. The van der Waals surface area contributed by atoms with Gasteiger partial charge in [-0.2, -0.15) is 0 Å². The van der Waals surface area contributed by atoms with Crippen LogP contribution in [0.25, 0.3) is 0 Å². The summed E-state index contributed by atoms with van der Waals surface area (Å²) in [6.07, 6.45) is 0. The summed E-state index contributed by atoms with van der Waals surface area (Å²) in [7, 11) is 1.10. The Balaban J connectivity index is 1.93. The van der Waals surface area contributed by atoms with Crippen LogP contribution in [-0.4, -0.2) is 47.2 Å². The lowest BCUT2D eigenvalue weighted by molar-refractivity contribution is -0.141. The van der Waals surface area contributed by atoms with Crippen LogP contribution < -0.4 is 21.7 Å². The molecule has 2 aromatic carbocycles. The van der Waals surface area contributed by atoms with E-state index >= 15 is 0 Å². The number of esters is 2. The van der Waals surface area contributed by atoms with E-state index in [-0.39, 0.29) is 12.1 Å². The zero-order valence-electron chi connectivity index (χ0n) is 19.8. The summed E-state index contributed by atoms with van der Waals surface area (Å²) in [5, 5.41) is 0. The van der Waals surface area contributed by atoms with E-state index in [0.29, 0.717) is 22.5 Å². The lowest BCUT2D eigenvalue weighted by atomic mass is 10.1. The zero-order chi connectivity index (χ0) is 26.2. The monoisotopic (exact) mass is 495 g/mol. The van der Waals surface area contributed by atoms with Gasteiger partial charge in [0, 0.05) is 0 Å². The predicted molar refractivity (Wildman–Crippen MR) is 129 cm³/mol. The fourth-order valence-corrected chi connectivity index (χ4v) is 3.37. The van der Waals surface area contributed by atoms with Gasteiger partial charge in [0.2, 0.25) is 5.78 Å². The van der Waals surface area contributed by atoms with Crippen molar-refractivity contribution in [2.45, 2.75) is 20.0 Å². The fourth-order valence-electron chi connectivity index (χ4n) is 3.37. The van der Waals surface area contributed by atoms with Gasteiger partial charge < -0.3 is 19.9 Å². The highest BCUT2D eigenvalue weighted by molar-refractivity contribution is 6.02. The van der Waals surface area contributed by atoms with E-state index in [0.717, 1.165) is 11.7 Å². The molecule has 0 fully saturated rings. The molecule has 1 heterocycles. The van der Waals surface area contributed by atoms with Crippen molar-refractivity contribution >= 4 is 23.5 Å². The van der Waals surface area contributed by atoms with Gasteiger partial charge in [0.05, 0.1) is 25.8 Å². The SMILES string of the molecule is CCOc1ccc(C(=O)OCC(=O)c2c(N)n(Cc3ccccc3)c(=O)n(CC(=O)OC)c2=O)cc1. The first-order chi connectivity index (χ1) is 17.3. The summed E-state index contributed by atoms with van der Waals surface area (Å²) in [4.78, 5) is 63.2. The number of rotatable bonds is 10. The Morgan fingerprint density at radius 3 is 2.22 bits per heavy atom. The van der Waals surface area contributed by atoms with Crippen LogP contribution in [0, 0.1) is 0 Å². The van der Waals surface area contributed by atoms with E-state index in [1.54, 1.807) is 42.5 Å². The maximum atomic E-state index is 13.0. The van der Waals surface area contributed by atoms with Gasteiger partial charge in [-0.25, -0.2) is 14.2 Å². The molecule has 2 N–H and O–H groups in total. The highest BCUT2D eigenvalue weighted by Gasteiger charge is 2.25. The topological polar surface area (TPSA) is 149 Å². The third-order valence-corrected chi connectivity index (χ3v) is 5.18. The molecule has 3 aromatic rings. The maximum Gasteiger partial charge on any atom is 0.338 e. The number of nitrogen functional groups attached to an aromatic ring is 1. The molecule has 1 aromatic heterocycles. The number of aromatic nitrogens is 2. The summed E-state index contributed by atoms with van der Waals surface area (Å²) in [6, 6.07) is 14.8. The molecule has 0 unspecified atom stereocenters. The number of methoxy groups -OCH3 is 1. The summed E-state index contributed by atoms with van der Waals surface area (Å²) >= 11 is 0. The van der Waals surface area contributed by atoms with Crippen molar-refractivity contribution in [2.24, 2.45) is 0 Å². The number of carbonyl (C=O) groups excluding carboxylic acids is 3. The molecule has 188 valence electrons. The summed E-state index contributed by atoms with van der Waals surface area (Å²) in [6.45, 7) is 0.670. The quantitative estimate of drug-likeness (QED) is 0.324. The highest BCUT2D eigenvalue weighted by atomic mass is 16.5. The van der Waals surface area contributed by atoms with Crippen molar-refractivity contribution in [3.63, 3.8) is 0 Å². The van der Waals surface area contributed by atoms with Crippen LogP contribution in [0.2, 0.25) is 0 Å². The van der Waals surface area contributed by atoms with Crippen LogP contribution in [-0.2, 0) is 27.4 Å². The molecule has 0 amide bonds. The molecular weight excluding hydrogens is 470 g/mol. The molecule has 0 aliphatic rings. The van der Waals surface area contributed by atoms with Crippen molar-refractivity contribution in [1.29, 1.82) is 0 Å². The molecule has 0 saturated heterocycles. The Bertz CT molecular complexity index is 1380. The number of hydrogen-bond donors (Lipinski definition) is 1. The number of benzene rings is 2. The Kier molecular flexibility index (Phi) is 8.39. The molecule has 11 nitrogen and oxygen atoms in total. The van der Waals surface area contributed by atoms with Crippen LogP contribution in [0.15, 0.2) is 64.2 Å². The van der Waals surface area contributed by atoms with Crippen LogP contribution in [0.5, 0.6) is 5.75 Å². The molecule has 0 radical (unpaired) electrons. The molecule has 0 bridgehead atoms. The van der Waals surface area contributed by atoms with Gasteiger partial charge in [-0.3, -0.25) is 19.0 Å². The fraction of sp³-hybridized carbons (Fsp3) is 0.240. The lowest BCUT2D eigenvalue weighted by Gasteiger charge is -2.16. The minimum atomic E-state index is -1.09. The van der Waals surface area contributed by atoms with Crippen molar-refractivity contribution in [3.05, 3.63) is 92.1 Å². The molecular formula is C25H25N3O8. The third kappa shape index (κ3) is 5.87. The van der Waals surface area contributed by atoms with Crippen molar-refractivity contribution < 1.29 is 28.6 Å². The first-order valence-corrected chi connectivity index (χ1v) is 10.9. The zero-order valence-corrected chi connectivity index (χ0v) is 19.8. The van der Waals surface area contributed by atoms with Gasteiger partial charge in [0.15, 0.2) is 6.61 Å². The molecule has 11 heteroatoms. The number of ether oxygens (including phenoxy) is 3. The van der Waals surface area contributed by atoms with Crippen molar-refractivity contribution in [3.8, 4) is 5.75 Å². The second kappa shape index (κ2) is 11.6. The summed E-state index contributed by atoms with van der Waals surface area (Å²) in [5.74, 6) is -2.46. The summed E-state index contributed by atoms with van der Waals surface area (Å²) < 4.78 is 16.5. The van der Waals surface area contributed by atoms with Crippen LogP contribution in [0.3, 0.4) is 0 Å². The van der Waals surface area contributed by atoms with E-state index in [1.807, 2.05) is 6.92 Å². The van der Waals surface area contributed by atoms with Gasteiger partial charge in [0.1, 0.15) is 23.7 Å². The first kappa shape index (κ1) is 25.9. The second-order valence-electron chi connectivity index (χ2n) is 7.54. The molecule has 0 atom stereocenters. The van der Waals surface area contributed by atoms with Crippen LogP contribution in [0.4, 0.5) is 5.82 Å². The molecule has 0 saturated carbocycles. The normalized spacial score (nSPS) is 10.5. The van der Waals surface area contributed by atoms with Gasteiger partial charge in [0.25, 0.3) is 5.56 Å². The standard InChI is InChI=1S/C25H25N3O8/c1-3-35-18-11-9-17(10-12-18)24(32)36-15-19(29)21-22(26)27(13-16-7-5-4-6-8-16)25(33)28(23(21)31)14-20(30)34-2/h4-12H,3,13-15,26H2,1-2H3. The first-order valence-electron chi connectivity index (χ1n) is 10.9. The number of nitrogens with zero attached hydrogens (tertiary/aromatic N) is 2. The number of carbonyl (C=O) groups is 3. The minimum Gasteiger partial charge on any atom is -0.494 e.